The van der Waals surface area contributed by atoms with E-state index in [1.807, 2.05) is 63.2 Å². The van der Waals surface area contributed by atoms with Crippen LogP contribution in [0.5, 0.6) is 0 Å². The van der Waals surface area contributed by atoms with Crippen molar-refractivity contribution in [3.8, 4) is 0 Å². The fourth-order valence-electron chi connectivity index (χ4n) is 3.00. The summed E-state index contributed by atoms with van der Waals surface area (Å²) in [6.45, 7) is 5.81. The number of thioether (sulfide) groups is 1. The van der Waals surface area contributed by atoms with Gasteiger partial charge in [0.05, 0.1) is 5.25 Å². The predicted octanol–water partition coefficient (Wildman–Crippen LogP) is 4.24. The Kier molecular flexibility index (Phi) is 4.53. The van der Waals surface area contributed by atoms with Crippen LogP contribution >= 0.6 is 11.8 Å². The van der Waals surface area contributed by atoms with E-state index in [2.05, 4.69) is 25.5 Å². The molecule has 4 aromatic rings. The fourth-order valence-corrected chi connectivity index (χ4v) is 3.72. The van der Waals surface area contributed by atoms with Crippen LogP contribution in [0.15, 0.2) is 47.6 Å². The second-order valence-corrected chi connectivity index (χ2v) is 7.79. The van der Waals surface area contributed by atoms with Crippen molar-refractivity contribution >= 4 is 45.4 Å². The van der Waals surface area contributed by atoms with Gasteiger partial charge in [-0.2, -0.15) is 0 Å². The standard InChI is InChI=1S/C20H19N5OS/c1-11-7-6-8-12(2)16(11)22-19(26)13(3)27-20-23-18-17(24-25-20)14-9-4-5-10-15(14)21-18/h4-10,13H,1-3H3,(H,22,26)(H,21,23,25)/t13-/m1/s1. The lowest BCUT2D eigenvalue weighted by molar-refractivity contribution is -0.115. The molecule has 1 amide bonds. The van der Waals surface area contributed by atoms with E-state index in [4.69, 9.17) is 0 Å². The molecular formula is C20H19N5OS. The zero-order chi connectivity index (χ0) is 19.0. The molecule has 0 bridgehead atoms. The molecule has 0 radical (unpaired) electrons. The molecule has 4 rings (SSSR count). The summed E-state index contributed by atoms with van der Waals surface area (Å²) in [7, 11) is 0. The minimum Gasteiger partial charge on any atom is -0.338 e. The molecule has 1 atom stereocenters. The zero-order valence-corrected chi connectivity index (χ0v) is 16.1. The summed E-state index contributed by atoms with van der Waals surface area (Å²) >= 11 is 1.29. The lowest BCUT2D eigenvalue weighted by Gasteiger charge is -2.14. The summed E-state index contributed by atoms with van der Waals surface area (Å²) in [5, 5.41) is 12.6. The number of carbonyl (C=O) groups excluding carboxylic acids is 1. The third-order valence-corrected chi connectivity index (χ3v) is 5.43. The molecule has 136 valence electrons. The summed E-state index contributed by atoms with van der Waals surface area (Å²) in [6, 6.07) is 13.8. The highest BCUT2D eigenvalue weighted by Crippen LogP contribution is 2.26. The number of nitrogens with one attached hydrogen (secondary N) is 2. The van der Waals surface area contributed by atoms with E-state index in [0.29, 0.717) is 10.8 Å². The number of H-pyrrole nitrogens is 1. The molecule has 27 heavy (non-hydrogen) atoms. The first kappa shape index (κ1) is 17.5. The Morgan fingerprint density at radius 1 is 1.07 bits per heavy atom. The van der Waals surface area contributed by atoms with Crippen LogP contribution < -0.4 is 5.32 Å². The van der Waals surface area contributed by atoms with Crippen molar-refractivity contribution < 1.29 is 4.79 Å². The first-order valence-electron chi connectivity index (χ1n) is 8.68. The zero-order valence-electron chi connectivity index (χ0n) is 15.3. The van der Waals surface area contributed by atoms with Gasteiger partial charge in [-0.05, 0) is 38.0 Å². The van der Waals surface area contributed by atoms with Gasteiger partial charge in [-0.25, -0.2) is 4.98 Å². The second-order valence-electron chi connectivity index (χ2n) is 6.48. The third-order valence-electron chi connectivity index (χ3n) is 4.48. The number of rotatable bonds is 4. The van der Waals surface area contributed by atoms with Gasteiger partial charge in [-0.1, -0.05) is 48.2 Å². The summed E-state index contributed by atoms with van der Waals surface area (Å²) in [4.78, 5) is 20.4. The number of para-hydroxylation sites is 2. The number of anilines is 1. The van der Waals surface area contributed by atoms with Crippen LogP contribution in [-0.4, -0.2) is 31.3 Å². The number of hydrogen-bond donors (Lipinski definition) is 2. The number of aromatic amines is 1. The summed E-state index contributed by atoms with van der Waals surface area (Å²) < 4.78 is 0. The van der Waals surface area contributed by atoms with Crippen molar-refractivity contribution in [1.82, 2.24) is 20.2 Å². The molecule has 2 aromatic carbocycles. The van der Waals surface area contributed by atoms with Crippen molar-refractivity contribution in [2.75, 3.05) is 5.32 Å². The van der Waals surface area contributed by atoms with Crippen LogP contribution in [0.1, 0.15) is 18.1 Å². The maximum absolute atomic E-state index is 12.6. The monoisotopic (exact) mass is 377 g/mol. The van der Waals surface area contributed by atoms with E-state index in [0.717, 1.165) is 33.2 Å². The average Bonchev–Trinajstić information content (AvgIpc) is 3.02. The minimum atomic E-state index is -0.354. The Labute approximate surface area is 160 Å². The number of fused-ring (bicyclic) bond motifs is 3. The normalized spacial score (nSPS) is 12.4. The van der Waals surface area contributed by atoms with Gasteiger partial charge in [0.15, 0.2) is 5.65 Å². The highest BCUT2D eigenvalue weighted by atomic mass is 32.2. The minimum absolute atomic E-state index is 0.0854. The highest BCUT2D eigenvalue weighted by Gasteiger charge is 2.19. The first-order chi connectivity index (χ1) is 13.0. The van der Waals surface area contributed by atoms with E-state index < -0.39 is 0 Å². The molecule has 0 saturated carbocycles. The number of aryl methyl sites for hydroxylation is 2. The van der Waals surface area contributed by atoms with Gasteiger partial charge in [0.25, 0.3) is 0 Å². The van der Waals surface area contributed by atoms with Crippen molar-refractivity contribution in [2.45, 2.75) is 31.2 Å². The Balaban J connectivity index is 1.54. The van der Waals surface area contributed by atoms with Crippen molar-refractivity contribution in [3.63, 3.8) is 0 Å². The molecule has 0 fully saturated rings. The van der Waals surface area contributed by atoms with E-state index in [1.54, 1.807) is 0 Å². The lowest BCUT2D eigenvalue weighted by Crippen LogP contribution is -2.23. The van der Waals surface area contributed by atoms with E-state index in [9.17, 15) is 4.79 Å². The second kappa shape index (κ2) is 7.00. The van der Waals surface area contributed by atoms with E-state index in [1.165, 1.54) is 11.8 Å². The quantitative estimate of drug-likeness (QED) is 0.520. The van der Waals surface area contributed by atoms with Gasteiger partial charge < -0.3 is 10.3 Å². The smallest absolute Gasteiger partial charge is 0.237 e. The van der Waals surface area contributed by atoms with Crippen LogP contribution in [0, 0.1) is 13.8 Å². The van der Waals surface area contributed by atoms with Crippen LogP contribution in [-0.2, 0) is 4.79 Å². The van der Waals surface area contributed by atoms with Crippen molar-refractivity contribution in [3.05, 3.63) is 53.6 Å². The van der Waals surface area contributed by atoms with Crippen LogP contribution in [0.25, 0.3) is 22.1 Å². The molecular weight excluding hydrogens is 358 g/mol. The van der Waals surface area contributed by atoms with Gasteiger partial charge in [0.2, 0.25) is 11.1 Å². The van der Waals surface area contributed by atoms with Crippen molar-refractivity contribution in [1.29, 1.82) is 0 Å². The number of hydrogen-bond acceptors (Lipinski definition) is 5. The molecule has 0 unspecified atom stereocenters. The maximum Gasteiger partial charge on any atom is 0.237 e. The maximum atomic E-state index is 12.6. The van der Waals surface area contributed by atoms with Gasteiger partial charge >= 0.3 is 0 Å². The molecule has 7 heteroatoms. The highest BCUT2D eigenvalue weighted by molar-refractivity contribution is 8.00. The molecule has 2 heterocycles. The SMILES string of the molecule is Cc1cccc(C)c1NC(=O)[C@@H](C)Sc1nnc2c(n1)[nH]c1ccccc12. The Morgan fingerprint density at radius 3 is 2.59 bits per heavy atom. The van der Waals surface area contributed by atoms with Gasteiger partial charge in [-0.3, -0.25) is 4.79 Å². The molecule has 0 aliphatic carbocycles. The molecule has 0 aliphatic rings. The Hall–Kier alpha value is -2.93. The number of benzene rings is 2. The Bertz CT molecular complexity index is 1130. The molecule has 0 spiro atoms. The molecule has 6 nitrogen and oxygen atoms in total. The van der Waals surface area contributed by atoms with Crippen LogP contribution in [0.4, 0.5) is 5.69 Å². The molecule has 2 N–H and O–H groups in total. The van der Waals surface area contributed by atoms with E-state index >= 15 is 0 Å². The summed E-state index contributed by atoms with van der Waals surface area (Å²) in [6.07, 6.45) is 0. The van der Waals surface area contributed by atoms with Crippen LogP contribution in [0.3, 0.4) is 0 Å². The van der Waals surface area contributed by atoms with Crippen molar-refractivity contribution in [2.24, 2.45) is 0 Å². The molecule has 0 aliphatic heterocycles. The van der Waals surface area contributed by atoms with Crippen LogP contribution in [0.2, 0.25) is 0 Å². The number of amides is 1. The fraction of sp³-hybridized carbons (Fsp3) is 0.200. The third kappa shape index (κ3) is 3.38. The summed E-state index contributed by atoms with van der Waals surface area (Å²) in [5.41, 5.74) is 5.33. The number of nitrogens with zero attached hydrogens (tertiary/aromatic N) is 3. The summed E-state index contributed by atoms with van der Waals surface area (Å²) in [5.74, 6) is -0.0854. The number of carbonyl (C=O) groups is 1. The van der Waals surface area contributed by atoms with Gasteiger partial charge in [-0.15, -0.1) is 10.2 Å². The molecule has 2 aromatic heterocycles. The largest absolute Gasteiger partial charge is 0.338 e. The number of aromatic nitrogens is 4. The van der Waals surface area contributed by atoms with Gasteiger partial charge in [0, 0.05) is 16.6 Å². The van der Waals surface area contributed by atoms with Gasteiger partial charge in [0.1, 0.15) is 5.52 Å². The lowest BCUT2D eigenvalue weighted by atomic mass is 10.1. The van der Waals surface area contributed by atoms with E-state index in [-0.39, 0.29) is 11.2 Å². The average molecular weight is 377 g/mol. The first-order valence-corrected chi connectivity index (χ1v) is 9.56. The Morgan fingerprint density at radius 2 is 1.81 bits per heavy atom. The predicted molar refractivity (Wildman–Crippen MR) is 109 cm³/mol. The topological polar surface area (TPSA) is 83.6 Å². The molecule has 0 saturated heterocycles.